The molecule has 30 heavy (non-hydrogen) atoms. The highest BCUT2D eigenvalue weighted by Gasteiger charge is 2.09. The van der Waals surface area contributed by atoms with Crippen LogP contribution in [0.2, 0.25) is 0 Å². The number of ether oxygens (including phenoxy) is 1. The number of nitrogens with one attached hydrogen (secondary N) is 2. The van der Waals surface area contributed by atoms with E-state index in [0.717, 1.165) is 53.1 Å². The molecule has 6 heteroatoms. The molecule has 0 spiro atoms. The highest BCUT2D eigenvalue weighted by atomic mass is 16.5. The molecule has 6 nitrogen and oxygen atoms in total. The number of nitrogens with zero attached hydrogens (tertiary/aromatic N) is 2. The number of fused-ring (bicyclic) bond motifs is 1. The Kier molecular flexibility index (Phi) is 8.02. The summed E-state index contributed by atoms with van der Waals surface area (Å²) in [6, 6.07) is 18.3. The number of likely N-dealkylation sites (N-methyl/N-ethyl adjacent to an activating group) is 2. The number of hydrogen-bond donors (Lipinski definition) is 3. The molecule has 0 bridgehead atoms. The summed E-state index contributed by atoms with van der Waals surface area (Å²) in [6.45, 7) is 3.05. The van der Waals surface area contributed by atoms with E-state index in [1.807, 2.05) is 56.6 Å². The van der Waals surface area contributed by atoms with Crippen LogP contribution in [-0.2, 0) is 0 Å². The third kappa shape index (κ3) is 5.92. The van der Waals surface area contributed by atoms with Crippen molar-refractivity contribution in [1.82, 2.24) is 15.2 Å². The van der Waals surface area contributed by atoms with E-state index in [9.17, 15) is 5.11 Å². The van der Waals surface area contributed by atoms with Crippen molar-refractivity contribution in [1.29, 1.82) is 0 Å². The van der Waals surface area contributed by atoms with Gasteiger partial charge in [0.15, 0.2) is 0 Å². The van der Waals surface area contributed by atoms with Crippen LogP contribution < -0.4 is 15.4 Å². The molecule has 0 fully saturated rings. The van der Waals surface area contributed by atoms with Gasteiger partial charge in [-0.1, -0.05) is 18.2 Å². The maximum atomic E-state index is 9.91. The molecule has 3 aromatic rings. The second-order valence-corrected chi connectivity index (χ2v) is 7.55. The zero-order valence-electron chi connectivity index (χ0n) is 18.1. The molecule has 2 aromatic carbocycles. The summed E-state index contributed by atoms with van der Waals surface area (Å²) in [5, 5.41) is 17.6. The van der Waals surface area contributed by atoms with Gasteiger partial charge in [0.05, 0.1) is 24.4 Å². The first-order chi connectivity index (χ1) is 14.6. The Morgan fingerprint density at radius 2 is 1.90 bits per heavy atom. The number of pyridine rings is 1. The summed E-state index contributed by atoms with van der Waals surface area (Å²) >= 11 is 0. The fraction of sp³-hybridized carbons (Fsp3) is 0.375. The highest BCUT2D eigenvalue weighted by Crippen LogP contribution is 2.29. The van der Waals surface area contributed by atoms with Crippen molar-refractivity contribution < 1.29 is 9.84 Å². The molecular formula is C24H32N4O2. The summed E-state index contributed by atoms with van der Waals surface area (Å²) in [5.74, 6) is 0.835. The molecular weight excluding hydrogens is 376 g/mol. The predicted molar refractivity (Wildman–Crippen MR) is 124 cm³/mol. The Hall–Kier alpha value is -2.67. The standard InChI is InChI=1S/C24H32N4O2/c1-25-16-19(29)17-28(2)14-6-13-26-24-15-23(18-9-11-20(30-3)12-10-18)27-22-8-5-4-7-21(22)24/h4-5,7-12,15,19,25,29H,6,13-14,16-17H2,1-3H3,(H,26,27). The quantitative estimate of drug-likeness (QED) is 0.423. The molecule has 0 aliphatic rings. The van der Waals surface area contributed by atoms with Crippen LogP contribution in [-0.4, -0.2) is 68.5 Å². The Labute approximate surface area is 178 Å². The number of para-hydroxylation sites is 1. The van der Waals surface area contributed by atoms with Crippen LogP contribution in [0.15, 0.2) is 54.6 Å². The zero-order chi connectivity index (χ0) is 21.3. The minimum Gasteiger partial charge on any atom is -0.497 e. The number of rotatable bonds is 11. The molecule has 0 saturated heterocycles. The van der Waals surface area contributed by atoms with Crippen molar-refractivity contribution in [3.05, 3.63) is 54.6 Å². The Bertz CT molecular complexity index is 930. The van der Waals surface area contributed by atoms with Gasteiger partial charge in [-0.2, -0.15) is 0 Å². The third-order valence-corrected chi connectivity index (χ3v) is 5.10. The molecule has 0 radical (unpaired) electrons. The van der Waals surface area contributed by atoms with E-state index < -0.39 is 0 Å². The first-order valence-corrected chi connectivity index (χ1v) is 10.4. The number of aliphatic hydroxyl groups is 1. The molecule has 0 aliphatic heterocycles. The summed E-state index contributed by atoms with van der Waals surface area (Å²) in [7, 11) is 5.57. The van der Waals surface area contributed by atoms with E-state index in [1.54, 1.807) is 7.11 Å². The normalized spacial score (nSPS) is 12.3. The van der Waals surface area contributed by atoms with Crippen molar-refractivity contribution in [2.45, 2.75) is 12.5 Å². The molecule has 160 valence electrons. The fourth-order valence-corrected chi connectivity index (χ4v) is 3.55. The lowest BCUT2D eigenvalue weighted by molar-refractivity contribution is 0.126. The van der Waals surface area contributed by atoms with Gasteiger partial charge >= 0.3 is 0 Å². The van der Waals surface area contributed by atoms with Gasteiger partial charge in [0.25, 0.3) is 0 Å². The minimum atomic E-state index is -0.343. The van der Waals surface area contributed by atoms with Crippen LogP contribution >= 0.6 is 0 Å². The van der Waals surface area contributed by atoms with Crippen LogP contribution in [0.1, 0.15) is 6.42 Å². The third-order valence-electron chi connectivity index (χ3n) is 5.10. The second kappa shape index (κ2) is 10.9. The van der Waals surface area contributed by atoms with Crippen molar-refractivity contribution in [2.24, 2.45) is 0 Å². The van der Waals surface area contributed by atoms with Crippen LogP contribution in [0.4, 0.5) is 5.69 Å². The molecule has 1 aromatic heterocycles. The van der Waals surface area contributed by atoms with E-state index in [1.165, 1.54) is 0 Å². The van der Waals surface area contributed by atoms with Gasteiger partial charge in [0, 0.05) is 36.3 Å². The summed E-state index contributed by atoms with van der Waals surface area (Å²) in [4.78, 5) is 7.01. The van der Waals surface area contributed by atoms with Gasteiger partial charge < -0.3 is 25.4 Å². The number of anilines is 1. The number of aromatic nitrogens is 1. The monoisotopic (exact) mass is 408 g/mol. The van der Waals surface area contributed by atoms with Gasteiger partial charge in [-0.15, -0.1) is 0 Å². The summed E-state index contributed by atoms with van der Waals surface area (Å²) < 4.78 is 5.27. The average molecular weight is 409 g/mol. The van der Waals surface area contributed by atoms with Crippen LogP contribution in [0, 0.1) is 0 Å². The van der Waals surface area contributed by atoms with Crippen LogP contribution in [0.3, 0.4) is 0 Å². The predicted octanol–water partition coefficient (Wildman–Crippen LogP) is 3.22. The summed E-state index contributed by atoms with van der Waals surface area (Å²) in [6.07, 6.45) is 0.640. The zero-order valence-corrected chi connectivity index (χ0v) is 18.1. The van der Waals surface area contributed by atoms with Crippen molar-refractivity contribution in [3.8, 4) is 17.0 Å². The number of benzene rings is 2. The first-order valence-electron chi connectivity index (χ1n) is 10.4. The maximum Gasteiger partial charge on any atom is 0.118 e. The molecule has 1 heterocycles. The Balaban J connectivity index is 1.68. The molecule has 3 N–H and O–H groups in total. The lowest BCUT2D eigenvalue weighted by Crippen LogP contribution is -2.36. The van der Waals surface area contributed by atoms with Crippen molar-refractivity contribution in [2.75, 3.05) is 52.7 Å². The van der Waals surface area contributed by atoms with Gasteiger partial charge in [-0.3, -0.25) is 0 Å². The Morgan fingerprint density at radius 1 is 1.13 bits per heavy atom. The topological polar surface area (TPSA) is 69.7 Å². The molecule has 0 amide bonds. The lowest BCUT2D eigenvalue weighted by Gasteiger charge is -2.20. The van der Waals surface area contributed by atoms with Gasteiger partial charge in [0.1, 0.15) is 5.75 Å². The van der Waals surface area contributed by atoms with E-state index in [2.05, 4.69) is 27.7 Å². The van der Waals surface area contributed by atoms with Gasteiger partial charge in [0.2, 0.25) is 0 Å². The first kappa shape index (κ1) is 22.0. The van der Waals surface area contributed by atoms with E-state index in [0.29, 0.717) is 13.1 Å². The van der Waals surface area contributed by atoms with E-state index in [4.69, 9.17) is 9.72 Å². The van der Waals surface area contributed by atoms with Crippen LogP contribution in [0.25, 0.3) is 22.2 Å². The van der Waals surface area contributed by atoms with Crippen LogP contribution in [0.5, 0.6) is 5.75 Å². The van der Waals surface area contributed by atoms with Crippen molar-refractivity contribution >= 4 is 16.6 Å². The molecule has 0 aliphatic carbocycles. The highest BCUT2D eigenvalue weighted by molar-refractivity contribution is 5.93. The fourth-order valence-electron chi connectivity index (χ4n) is 3.55. The summed E-state index contributed by atoms with van der Waals surface area (Å²) in [5.41, 5.74) is 4.05. The van der Waals surface area contributed by atoms with E-state index in [-0.39, 0.29) is 6.10 Å². The SMILES string of the molecule is CNCC(O)CN(C)CCCNc1cc(-c2ccc(OC)cc2)nc2ccccc12. The minimum absolute atomic E-state index is 0.343. The number of aliphatic hydroxyl groups excluding tert-OH is 1. The molecule has 3 rings (SSSR count). The average Bonchev–Trinajstić information content (AvgIpc) is 2.76. The van der Waals surface area contributed by atoms with Crippen molar-refractivity contribution in [3.63, 3.8) is 0 Å². The smallest absolute Gasteiger partial charge is 0.118 e. The largest absolute Gasteiger partial charge is 0.497 e. The lowest BCUT2D eigenvalue weighted by atomic mass is 10.1. The second-order valence-electron chi connectivity index (χ2n) is 7.55. The van der Waals surface area contributed by atoms with Gasteiger partial charge in [-0.05, 0) is 63.5 Å². The Morgan fingerprint density at radius 3 is 2.63 bits per heavy atom. The molecule has 1 unspecified atom stereocenters. The van der Waals surface area contributed by atoms with E-state index >= 15 is 0 Å². The van der Waals surface area contributed by atoms with Gasteiger partial charge in [-0.25, -0.2) is 4.98 Å². The maximum absolute atomic E-state index is 9.91. The molecule has 0 saturated carbocycles. The number of hydrogen-bond acceptors (Lipinski definition) is 6. The number of methoxy groups -OCH3 is 1. The molecule has 1 atom stereocenters.